The Morgan fingerprint density at radius 2 is 2.07 bits per heavy atom. The van der Waals surface area contributed by atoms with Crippen molar-refractivity contribution in [1.29, 1.82) is 0 Å². The van der Waals surface area contributed by atoms with Gasteiger partial charge >= 0.3 is 0 Å². The van der Waals surface area contributed by atoms with Crippen molar-refractivity contribution in [3.8, 4) is 5.75 Å². The Balaban J connectivity index is 1.76. The summed E-state index contributed by atoms with van der Waals surface area (Å²) < 4.78 is 5.33. The minimum Gasteiger partial charge on any atom is -0.484 e. The normalized spacial score (nSPS) is 15.9. The summed E-state index contributed by atoms with van der Waals surface area (Å²) in [5.41, 5.74) is 5.58. The molecule has 4 nitrogen and oxygen atoms in total. The first-order chi connectivity index (χ1) is 7.25. The van der Waals surface area contributed by atoms with Gasteiger partial charge in [0, 0.05) is 19.1 Å². The second kappa shape index (κ2) is 4.31. The molecule has 80 valence electrons. The van der Waals surface area contributed by atoms with Crippen LogP contribution >= 0.6 is 0 Å². The molecule has 1 fully saturated rings. The van der Waals surface area contributed by atoms with Gasteiger partial charge in [-0.25, -0.2) is 0 Å². The predicted octanol–water partition coefficient (Wildman–Crippen LogP) is 0.235. The van der Waals surface area contributed by atoms with Crippen LogP contribution in [0.4, 0.5) is 0 Å². The molecule has 0 aromatic heterocycles. The molecule has 0 saturated carbocycles. The van der Waals surface area contributed by atoms with Crippen molar-refractivity contribution in [3.63, 3.8) is 0 Å². The van der Waals surface area contributed by atoms with Gasteiger partial charge in [0.2, 0.25) is 0 Å². The maximum Gasteiger partial charge on any atom is 0.260 e. The Morgan fingerprint density at radius 3 is 2.67 bits per heavy atom. The fraction of sp³-hybridized carbons (Fsp3) is 0.364. The van der Waals surface area contributed by atoms with Crippen molar-refractivity contribution >= 4 is 5.91 Å². The van der Waals surface area contributed by atoms with Crippen molar-refractivity contribution in [2.75, 3.05) is 19.7 Å². The molecule has 4 heteroatoms. The summed E-state index contributed by atoms with van der Waals surface area (Å²) in [5, 5.41) is 0. The van der Waals surface area contributed by atoms with Crippen molar-refractivity contribution in [2.45, 2.75) is 6.04 Å². The van der Waals surface area contributed by atoms with Crippen LogP contribution in [0.2, 0.25) is 0 Å². The Hall–Kier alpha value is -1.55. The quantitative estimate of drug-likeness (QED) is 0.770. The summed E-state index contributed by atoms with van der Waals surface area (Å²) in [6.45, 7) is 1.39. The maximum atomic E-state index is 11.5. The molecule has 1 saturated heterocycles. The van der Waals surface area contributed by atoms with Gasteiger partial charge in [0.05, 0.1) is 0 Å². The molecule has 1 aromatic carbocycles. The summed E-state index contributed by atoms with van der Waals surface area (Å²) in [6.07, 6.45) is 0. The van der Waals surface area contributed by atoms with E-state index in [1.807, 2.05) is 30.3 Å². The number of carbonyl (C=O) groups is 1. The van der Waals surface area contributed by atoms with Gasteiger partial charge in [-0.1, -0.05) is 18.2 Å². The highest BCUT2D eigenvalue weighted by molar-refractivity contribution is 5.78. The Labute approximate surface area is 88.6 Å². The SMILES string of the molecule is NC1CN(C(=O)COc2ccccc2)C1. The monoisotopic (exact) mass is 206 g/mol. The van der Waals surface area contributed by atoms with Gasteiger partial charge in [-0.05, 0) is 12.1 Å². The molecule has 0 bridgehead atoms. The van der Waals surface area contributed by atoms with Gasteiger partial charge in [-0.15, -0.1) is 0 Å². The van der Waals surface area contributed by atoms with E-state index < -0.39 is 0 Å². The van der Waals surface area contributed by atoms with Crippen LogP contribution in [-0.4, -0.2) is 36.5 Å². The van der Waals surface area contributed by atoms with E-state index in [1.165, 1.54) is 0 Å². The highest BCUT2D eigenvalue weighted by atomic mass is 16.5. The first-order valence-electron chi connectivity index (χ1n) is 4.97. The zero-order valence-corrected chi connectivity index (χ0v) is 8.43. The molecule has 1 aromatic rings. The Morgan fingerprint density at radius 1 is 1.40 bits per heavy atom. The third-order valence-corrected chi connectivity index (χ3v) is 2.37. The van der Waals surface area contributed by atoms with E-state index in [1.54, 1.807) is 4.90 Å². The number of rotatable bonds is 3. The number of carbonyl (C=O) groups excluding carboxylic acids is 1. The second-order valence-corrected chi connectivity index (χ2v) is 3.66. The number of hydrogen-bond donors (Lipinski definition) is 1. The van der Waals surface area contributed by atoms with Crippen LogP contribution in [0.5, 0.6) is 5.75 Å². The third kappa shape index (κ3) is 2.47. The van der Waals surface area contributed by atoms with Crippen molar-refractivity contribution in [1.82, 2.24) is 4.90 Å². The molecule has 2 N–H and O–H groups in total. The van der Waals surface area contributed by atoms with E-state index in [4.69, 9.17) is 10.5 Å². The highest BCUT2D eigenvalue weighted by Crippen LogP contribution is 2.10. The molecule has 0 spiro atoms. The highest BCUT2D eigenvalue weighted by Gasteiger charge is 2.27. The smallest absolute Gasteiger partial charge is 0.260 e. The molecule has 1 aliphatic heterocycles. The van der Waals surface area contributed by atoms with Crippen LogP contribution < -0.4 is 10.5 Å². The lowest BCUT2D eigenvalue weighted by Gasteiger charge is -2.36. The van der Waals surface area contributed by atoms with Gasteiger partial charge in [-0.3, -0.25) is 4.79 Å². The summed E-state index contributed by atoms with van der Waals surface area (Å²) in [6, 6.07) is 9.46. The lowest BCUT2D eigenvalue weighted by atomic mass is 10.1. The van der Waals surface area contributed by atoms with E-state index >= 15 is 0 Å². The van der Waals surface area contributed by atoms with E-state index in [0.29, 0.717) is 13.1 Å². The molecule has 0 radical (unpaired) electrons. The fourth-order valence-corrected chi connectivity index (χ4v) is 1.47. The summed E-state index contributed by atoms with van der Waals surface area (Å²) in [4.78, 5) is 13.2. The molecular weight excluding hydrogens is 192 g/mol. The number of amides is 1. The van der Waals surface area contributed by atoms with E-state index in [-0.39, 0.29) is 18.6 Å². The molecule has 15 heavy (non-hydrogen) atoms. The zero-order valence-electron chi connectivity index (χ0n) is 8.43. The largest absolute Gasteiger partial charge is 0.484 e. The van der Waals surface area contributed by atoms with Gasteiger partial charge < -0.3 is 15.4 Å². The van der Waals surface area contributed by atoms with Gasteiger partial charge in [0.1, 0.15) is 5.75 Å². The standard InChI is InChI=1S/C11H14N2O2/c12-9-6-13(7-9)11(14)8-15-10-4-2-1-3-5-10/h1-5,9H,6-8,12H2. The van der Waals surface area contributed by atoms with Crippen LogP contribution in [0.25, 0.3) is 0 Å². The van der Waals surface area contributed by atoms with Crippen LogP contribution in [0.1, 0.15) is 0 Å². The summed E-state index contributed by atoms with van der Waals surface area (Å²) in [5.74, 6) is 0.719. The van der Waals surface area contributed by atoms with Gasteiger partial charge in [0.25, 0.3) is 5.91 Å². The molecule has 1 amide bonds. The van der Waals surface area contributed by atoms with Gasteiger partial charge in [-0.2, -0.15) is 0 Å². The maximum absolute atomic E-state index is 11.5. The number of nitrogens with two attached hydrogens (primary N) is 1. The number of benzene rings is 1. The van der Waals surface area contributed by atoms with Crippen LogP contribution in [0, 0.1) is 0 Å². The van der Waals surface area contributed by atoms with E-state index in [0.717, 1.165) is 5.75 Å². The Bertz CT molecular complexity index is 334. The third-order valence-electron chi connectivity index (χ3n) is 2.37. The predicted molar refractivity (Wildman–Crippen MR) is 56.5 cm³/mol. The van der Waals surface area contributed by atoms with Crippen molar-refractivity contribution < 1.29 is 9.53 Å². The van der Waals surface area contributed by atoms with Crippen molar-refractivity contribution in [2.24, 2.45) is 5.73 Å². The number of hydrogen-bond acceptors (Lipinski definition) is 3. The minimum atomic E-state index is 0.000512. The van der Waals surface area contributed by atoms with Crippen LogP contribution in [-0.2, 0) is 4.79 Å². The number of ether oxygens (including phenoxy) is 1. The molecule has 1 heterocycles. The summed E-state index contributed by atoms with van der Waals surface area (Å²) in [7, 11) is 0. The number of para-hydroxylation sites is 1. The van der Waals surface area contributed by atoms with E-state index in [2.05, 4.69) is 0 Å². The fourth-order valence-electron chi connectivity index (χ4n) is 1.47. The van der Waals surface area contributed by atoms with Gasteiger partial charge in [0.15, 0.2) is 6.61 Å². The molecule has 0 unspecified atom stereocenters. The average Bonchev–Trinajstić information content (AvgIpc) is 2.23. The zero-order chi connectivity index (χ0) is 10.7. The molecule has 1 aliphatic rings. The molecule has 0 atom stereocenters. The van der Waals surface area contributed by atoms with Crippen LogP contribution in [0.15, 0.2) is 30.3 Å². The molecular formula is C11H14N2O2. The summed E-state index contributed by atoms with van der Waals surface area (Å²) >= 11 is 0. The Kier molecular flexibility index (Phi) is 2.87. The average molecular weight is 206 g/mol. The number of nitrogens with zero attached hydrogens (tertiary/aromatic N) is 1. The lowest BCUT2D eigenvalue weighted by molar-refractivity contribution is -0.137. The van der Waals surface area contributed by atoms with E-state index in [9.17, 15) is 4.79 Å². The minimum absolute atomic E-state index is 0.000512. The van der Waals surface area contributed by atoms with Crippen LogP contribution in [0.3, 0.4) is 0 Å². The molecule has 0 aliphatic carbocycles. The lowest BCUT2D eigenvalue weighted by Crippen LogP contribution is -2.58. The topological polar surface area (TPSA) is 55.6 Å². The second-order valence-electron chi connectivity index (χ2n) is 3.66. The molecule has 2 rings (SSSR count). The first-order valence-corrected chi connectivity index (χ1v) is 4.97. The van der Waals surface area contributed by atoms with Crippen molar-refractivity contribution in [3.05, 3.63) is 30.3 Å². The number of likely N-dealkylation sites (tertiary alicyclic amines) is 1. The first kappa shape index (κ1) is 9.98.